The average Bonchev–Trinajstić information content (AvgIpc) is 3.12. The zero-order valence-corrected chi connectivity index (χ0v) is 26.7. The van der Waals surface area contributed by atoms with Crippen LogP contribution in [0.3, 0.4) is 0 Å². The fraction of sp³-hybridized carbons (Fsp3) is 0.0244. The van der Waals surface area contributed by atoms with Crippen molar-refractivity contribution in [3.8, 4) is 56.4 Å². The number of methoxy groups -OCH3 is 1. The van der Waals surface area contributed by atoms with Gasteiger partial charge in [-0.2, -0.15) is 0 Å². The Kier molecular flexibility index (Phi) is 8.26. The molecular formula is C41H26O10. The van der Waals surface area contributed by atoms with E-state index in [0.717, 1.165) is 5.56 Å². The van der Waals surface area contributed by atoms with Gasteiger partial charge in [-0.15, -0.1) is 0 Å². The molecule has 0 saturated heterocycles. The molecule has 0 unspecified atom stereocenters. The summed E-state index contributed by atoms with van der Waals surface area (Å²) in [5.41, 5.74) is 4.83. The van der Waals surface area contributed by atoms with Crippen LogP contribution in [0.2, 0.25) is 0 Å². The molecule has 0 saturated carbocycles. The molecule has 0 fully saturated rings. The quantitative estimate of drug-likeness (QED) is 0.123. The Balaban J connectivity index is 0.000000159. The van der Waals surface area contributed by atoms with E-state index in [1.165, 1.54) is 55.6 Å². The first kappa shape index (κ1) is 32.4. The monoisotopic (exact) mass is 678 g/mol. The molecule has 4 aromatic carbocycles. The van der Waals surface area contributed by atoms with Crippen molar-refractivity contribution in [3.63, 3.8) is 0 Å². The molecule has 10 heteroatoms. The third-order valence-corrected chi connectivity index (χ3v) is 8.38. The van der Waals surface area contributed by atoms with Crippen molar-refractivity contribution in [2.45, 2.75) is 0 Å². The van der Waals surface area contributed by atoms with Crippen LogP contribution in [0.25, 0.3) is 66.8 Å². The van der Waals surface area contributed by atoms with Crippen molar-refractivity contribution in [2.24, 2.45) is 0 Å². The van der Waals surface area contributed by atoms with E-state index in [9.17, 15) is 34.5 Å². The number of carboxylic acid groups (broad SMARTS) is 1. The summed E-state index contributed by atoms with van der Waals surface area (Å²) in [7, 11) is 1.33. The third kappa shape index (κ3) is 6.02. The molecule has 0 aromatic heterocycles. The number of ether oxygens (including phenoxy) is 1. The number of rotatable bonds is 4. The molecule has 0 atom stereocenters. The maximum atomic E-state index is 12.3. The van der Waals surface area contributed by atoms with Gasteiger partial charge in [0.05, 0.1) is 18.2 Å². The lowest BCUT2D eigenvalue weighted by Gasteiger charge is -2.17. The van der Waals surface area contributed by atoms with Gasteiger partial charge in [0, 0.05) is 57.3 Å². The van der Waals surface area contributed by atoms with Crippen LogP contribution in [0.5, 0.6) is 11.5 Å². The minimum Gasteiger partial charge on any atom is -0.508 e. The van der Waals surface area contributed by atoms with Gasteiger partial charge in [-0.1, -0.05) is 36.4 Å². The van der Waals surface area contributed by atoms with Crippen LogP contribution < -0.4 is 10.9 Å². The van der Waals surface area contributed by atoms with Crippen molar-refractivity contribution in [2.75, 3.05) is 7.11 Å². The van der Waals surface area contributed by atoms with E-state index in [-0.39, 0.29) is 27.9 Å². The van der Waals surface area contributed by atoms with Gasteiger partial charge in [0.15, 0.2) is 10.9 Å². The lowest BCUT2D eigenvalue weighted by molar-refractivity contribution is 0.0600. The van der Waals surface area contributed by atoms with Crippen LogP contribution in [0, 0.1) is 0 Å². The predicted octanol–water partition coefficient (Wildman–Crippen LogP) is 8.03. The Morgan fingerprint density at radius 2 is 1.00 bits per heavy atom. The highest BCUT2D eigenvalue weighted by Crippen LogP contribution is 2.43. The second kappa shape index (κ2) is 13.0. The fourth-order valence-corrected chi connectivity index (χ4v) is 6.18. The van der Waals surface area contributed by atoms with Gasteiger partial charge >= 0.3 is 11.9 Å². The Morgan fingerprint density at radius 1 is 0.549 bits per heavy atom. The standard InChI is InChI=1S/C21H14O5.C20H12O5/c1-25-21(24)15-5-3-2-4-14(15)20-16-8-6-12(22)10-18(16)26-19-11-13(23)7-9-17(19)20;21-11-5-7-15-17(9-11)25-18-10-12(22)6-8-16(18)19(15)13-3-1-2-4-14(13)20(23)24/h2-11,22H,1H3;1-10,21H,(H,23,24). The number of phenols is 2. The summed E-state index contributed by atoms with van der Waals surface area (Å²) in [5.74, 6) is -0.720. The van der Waals surface area contributed by atoms with E-state index in [0.29, 0.717) is 66.8 Å². The molecule has 2 heterocycles. The van der Waals surface area contributed by atoms with Gasteiger partial charge in [0.25, 0.3) is 0 Å². The van der Waals surface area contributed by atoms with E-state index in [1.54, 1.807) is 60.7 Å². The maximum absolute atomic E-state index is 12.3. The number of carbonyl (C=O) groups excluding carboxylic acids is 1. The van der Waals surface area contributed by atoms with E-state index >= 15 is 0 Å². The number of hydrogen-bond acceptors (Lipinski definition) is 9. The number of fused-ring (bicyclic) bond motifs is 4. The summed E-state index contributed by atoms with van der Waals surface area (Å²) in [6.45, 7) is 0. The molecule has 0 spiro atoms. The molecule has 2 aliphatic carbocycles. The van der Waals surface area contributed by atoms with Crippen molar-refractivity contribution < 1.29 is 38.5 Å². The van der Waals surface area contributed by atoms with Crippen LogP contribution in [-0.4, -0.2) is 34.4 Å². The molecule has 51 heavy (non-hydrogen) atoms. The van der Waals surface area contributed by atoms with Gasteiger partial charge in [-0.3, -0.25) is 9.59 Å². The van der Waals surface area contributed by atoms with E-state index in [4.69, 9.17) is 13.6 Å². The van der Waals surface area contributed by atoms with E-state index < -0.39 is 11.9 Å². The van der Waals surface area contributed by atoms with Crippen LogP contribution in [-0.2, 0) is 4.74 Å². The molecule has 4 aliphatic rings. The number of esters is 1. The molecule has 2 aliphatic heterocycles. The van der Waals surface area contributed by atoms with Crippen molar-refractivity contribution >= 4 is 33.9 Å². The second-order valence-corrected chi connectivity index (χ2v) is 11.5. The van der Waals surface area contributed by atoms with E-state index in [2.05, 4.69) is 0 Å². The molecule has 3 N–H and O–H groups in total. The van der Waals surface area contributed by atoms with Crippen molar-refractivity contribution in [1.82, 2.24) is 0 Å². The molecule has 0 radical (unpaired) electrons. The number of benzene rings is 6. The normalized spacial score (nSPS) is 11.0. The predicted molar refractivity (Wildman–Crippen MR) is 191 cm³/mol. The minimum absolute atomic E-state index is 0.0198. The Bertz CT molecular complexity index is 2700. The summed E-state index contributed by atoms with van der Waals surface area (Å²) in [4.78, 5) is 47.4. The summed E-state index contributed by atoms with van der Waals surface area (Å²) in [6.07, 6.45) is 0. The highest BCUT2D eigenvalue weighted by molar-refractivity contribution is 6.09. The molecule has 0 amide bonds. The summed E-state index contributed by atoms with van der Waals surface area (Å²) in [5, 5.41) is 30.5. The maximum Gasteiger partial charge on any atom is 0.338 e. The smallest absolute Gasteiger partial charge is 0.338 e. The first-order valence-electron chi connectivity index (χ1n) is 15.5. The Hall–Kier alpha value is -7.20. The summed E-state index contributed by atoms with van der Waals surface area (Å²) < 4.78 is 16.5. The Morgan fingerprint density at radius 3 is 1.47 bits per heavy atom. The lowest BCUT2D eigenvalue weighted by atomic mass is 9.91. The zero-order valence-electron chi connectivity index (χ0n) is 26.7. The molecular weight excluding hydrogens is 652 g/mol. The van der Waals surface area contributed by atoms with Crippen LogP contribution in [0.1, 0.15) is 20.7 Å². The molecule has 250 valence electrons. The third-order valence-electron chi connectivity index (χ3n) is 8.38. The van der Waals surface area contributed by atoms with Gasteiger partial charge in [0.2, 0.25) is 0 Å². The molecule has 0 bridgehead atoms. The minimum atomic E-state index is -1.04. The molecule has 4 aromatic rings. The molecule has 10 nitrogen and oxygen atoms in total. The van der Waals surface area contributed by atoms with Crippen molar-refractivity contribution in [3.05, 3.63) is 153 Å². The zero-order chi connectivity index (χ0) is 35.8. The number of carbonyl (C=O) groups is 2. The highest BCUT2D eigenvalue weighted by Gasteiger charge is 2.23. The van der Waals surface area contributed by atoms with Crippen molar-refractivity contribution in [1.29, 1.82) is 0 Å². The molecule has 8 rings (SSSR count). The first-order valence-corrected chi connectivity index (χ1v) is 15.5. The first-order chi connectivity index (χ1) is 24.6. The summed E-state index contributed by atoms with van der Waals surface area (Å²) in [6, 6.07) is 32.1. The largest absolute Gasteiger partial charge is 0.508 e. The SMILES string of the molecule is COC(=O)c1ccccc1-c1c2ccc(=O)cc-2oc2cc(O)ccc12.O=C(O)c1ccccc1-c1c2ccc(=O)cc-2oc2cc(O)ccc12. The highest BCUT2D eigenvalue weighted by atomic mass is 16.5. The van der Waals surface area contributed by atoms with Gasteiger partial charge in [0.1, 0.15) is 34.2 Å². The number of aromatic carboxylic acids is 1. The topological polar surface area (TPSA) is 164 Å². The van der Waals surface area contributed by atoms with E-state index in [1.807, 2.05) is 12.1 Å². The lowest BCUT2D eigenvalue weighted by Crippen LogP contribution is -2.05. The van der Waals surface area contributed by atoms with Gasteiger partial charge in [-0.05, 0) is 71.8 Å². The van der Waals surface area contributed by atoms with Crippen LogP contribution in [0.15, 0.2) is 140 Å². The van der Waals surface area contributed by atoms with Gasteiger partial charge in [-0.25, -0.2) is 9.59 Å². The average molecular weight is 679 g/mol. The Labute approximate surface area is 288 Å². The number of carboxylic acids is 1. The van der Waals surface area contributed by atoms with Crippen LogP contribution >= 0.6 is 0 Å². The number of phenolic OH excluding ortho intramolecular Hbond substituents is 2. The van der Waals surface area contributed by atoms with Gasteiger partial charge < -0.3 is 28.9 Å². The number of hydrogen-bond donors (Lipinski definition) is 3. The fourth-order valence-electron chi connectivity index (χ4n) is 6.18. The number of aromatic hydroxyl groups is 2. The second-order valence-electron chi connectivity index (χ2n) is 11.5. The summed E-state index contributed by atoms with van der Waals surface area (Å²) >= 11 is 0. The van der Waals surface area contributed by atoms with Crippen LogP contribution in [0.4, 0.5) is 0 Å².